The number of unbranched alkanes of at least 4 members (excludes halogenated alkanes) is 1. The van der Waals surface area contributed by atoms with Gasteiger partial charge >= 0.3 is 0 Å². The molecular formula is C18H29FN4O. The predicted octanol–water partition coefficient (Wildman–Crippen LogP) is 1.65. The Labute approximate surface area is 144 Å². The standard InChI is InChI=1S/C18H29FN4O/c1-20-18(22-9-7-16-5-4-6-17(19)15-16)21-8-2-3-10-23-11-13-24-14-12-23/h4-6,15H,2-3,7-14H2,1H3,(H2,20,21,22). The van der Waals surface area contributed by atoms with Crippen LogP contribution in [0.15, 0.2) is 29.3 Å². The molecule has 1 aromatic rings. The number of guanidine groups is 1. The van der Waals surface area contributed by atoms with Gasteiger partial charge in [-0.1, -0.05) is 12.1 Å². The van der Waals surface area contributed by atoms with Crippen LogP contribution in [0.2, 0.25) is 0 Å². The van der Waals surface area contributed by atoms with Crippen LogP contribution in [0, 0.1) is 5.82 Å². The molecule has 0 aromatic heterocycles. The van der Waals surface area contributed by atoms with Gasteiger partial charge in [-0.25, -0.2) is 4.39 Å². The number of aliphatic imine (C=N–C) groups is 1. The molecule has 134 valence electrons. The van der Waals surface area contributed by atoms with Gasteiger partial charge in [0, 0.05) is 33.2 Å². The normalized spacial score (nSPS) is 16.2. The van der Waals surface area contributed by atoms with E-state index in [1.807, 2.05) is 6.07 Å². The number of benzene rings is 1. The quantitative estimate of drug-likeness (QED) is 0.430. The second-order valence-electron chi connectivity index (χ2n) is 5.97. The first-order valence-corrected chi connectivity index (χ1v) is 8.77. The molecule has 0 amide bonds. The van der Waals surface area contributed by atoms with Crippen molar-refractivity contribution in [3.63, 3.8) is 0 Å². The van der Waals surface area contributed by atoms with Gasteiger partial charge in [0.2, 0.25) is 0 Å². The van der Waals surface area contributed by atoms with E-state index in [0.29, 0.717) is 0 Å². The van der Waals surface area contributed by atoms with Crippen molar-refractivity contribution in [3.8, 4) is 0 Å². The molecule has 0 bridgehead atoms. The maximum absolute atomic E-state index is 13.1. The van der Waals surface area contributed by atoms with E-state index in [-0.39, 0.29) is 5.82 Å². The SMILES string of the molecule is CN=C(NCCCCN1CCOCC1)NCCc1cccc(F)c1. The number of rotatable bonds is 8. The lowest BCUT2D eigenvalue weighted by Crippen LogP contribution is -2.39. The van der Waals surface area contributed by atoms with Crippen LogP contribution in [0.3, 0.4) is 0 Å². The van der Waals surface area contributed by atoms with Gasteiger partial charge in [0.1, 0.15) is 5.82 Å². The molecule has 0 saturated carbocycles. The lowest BCUT2D eigenvalue weighted by atomic mass is 10.1. The van der Waals surface area contributed by atoms with Gasteiger partial charge in [-0.15, -0.1) is 0 Å². The van der Waals surface area contributed by atoms with E-state index < -0.39 is 0 Å². The third-order valence-electron chi connectivity index (χ3n) is 4.12. The Morgan fingerprint density at radius 1 is 1.21 bits per heavy atom. The van der Waals surface area contributed by atoms with Crippen molar-refractivity contribution in [1.29, 1.82) is 0 Å². The highest BCUT2D eigenvalue weighted by atomic mass is 19.1. The van der Waals surface area contributed by atoms with Crippen molar-refractivity contribution < 1.29 is 9.13 Å². The fourth-order valence-corrected chi connectivity index (χ4v) is 2.73. The maximum Gasteiger partial charge on any atom is 0.190 e. The molecule has 1 heterocycles. The molecular weight excluding hydrogens is 307 g/mol. The maximum atomic E-state index is 13.1. The highest BCUT2D eigenvalue weighted by molar-refractivity contribution is 5.79. The van der Waals surface area contributed by atoms with E-state index in [4.69, 9.17) is 4.74 Å². The summed E-state index contributed by atoms with van der Waals surface area (Å²) in [5.41, 5.74) is 0.989. The summed E-state index contributed by atoms with van der Waals surface area (Å²) < 4.78 is 18.5. The summed E-state index contributed by atoms with van der Waals surface area (Å²) in [6.07, 6.45) is 3.06. The van der Waals surface area contributed by atoms with Crippen LogP contribution in [-0.2, 0) is 11.2 Å². The zero-order valence-corrected chi connectivity index (χ0v) is 14.6. The van der Waals surface area contributed by atoms with Crippen LogP contribution >= 0.6 is 0 Å². The van der Waals surface area contributed by atoms with Crippen molar-refractivity contribution in [2.45, 2.75) is 19.3 Å². The van der Waals surface area contributed by atoms with E-state index >= 15 is 0 Å². The summed E-state index contributed by atoms with van der Waals surface area (Å²) in [4.78, 5) is 6.67. The van der Waals surface area contributed by atoms with Crippen LogP contribution in [0.1, 0.15) is 18.4 Å². The van der Waals surface area contributed by atoms with Gasteiger partial charge in [-0.3, -0.25) is 9.89 Å². The second kappa shape index (κ2) is 11.0. The van der Waals surface area contributed by atoms with Crippen molar-refractivity contribution in [2.75, 3.05) is 53.0 Å². The van der Waals surface area contributed by atoms with Crippen LogP contribution < -0.4 is 10.6 Å². The third kappa shape index (κ3) is 7.27. The number of nitrogens with one attached hydrogen (secondary N) is 2. The molecule has 0 aliphatic carbocycles. The number of ether oxygens (including phenoxy) is 1. The topological polar surface area (TPSA) is 48.9 Å². The average Bonchev–Trinajstić information content (AvgIpc) is 2.61. The fraction of sp³-hybridized carbons (Fsp3) is 0.611. The van der Waals surface area contributed by atoms with Crippen LogP contribution in [0.5, 0.6) is 0 Å². The van der Waals surface area contributed by atoms with E-state index in [1.165, 1.54) is 12.5 Å². The molecule has 0 atom stereocenters. The minimum absolute atomic E-state index is 0.185. The minimum atomic E-state index is -0.185. The molecule has 2 N–H and O–H groups in total. The molecule has 2 rings (SSSR count). The molecule has 1 aliphatic heterocycles. The highest BCUT2D eigenvalue weighted by Crippen LogP contribution is 2.03. The van der Waals surface area contributed by atoms with E-state index in [0.717, 1.165) is 70.3 Å². The number of nitrogens with zero attached hydrogens (tertiary/aromatic N) is 2. The first-order chi connectivity index (χ1) is 11.8. The van der Waals surface area contributed by atoms with Gasteiger partial charge < -0.3 is 15.4 Å². The van der Waals surface area contributed by atoms with Crippen molar-refractivity contribution >= 4 is 5.96 Å². The Hall–Kier alpha value is -1.66. The third-order valence-corrected chi connectivity index (χ3v) is 4.12. The van der Waals surface area contributed by atoms with Gasteiger partial charge in [-0.05, 0) is 43.5 Å². The molecule has 1 aliphatic rings. The first-order valence-electron chi connectivity index (χ1n) is 8.77. The Kier molecular flexibility index (Phi) is 8.55. The smallest absolute Gasteiger partial charge is 0.190 e. The number of halogens is 1. The van der Waals surface area contributed by atoms with E-state index in [1.54, 1.807) is 19.2 Å². The van der Waals surface area contributed by atoms with Crippen molar-refractivity contribution in [2.24, 2.45) is 4.99 Å². The fourth-order valence-electron chi connectivity index (χ4n) is 2.73. The van der Waals surface area contributed by atoms with Gasteiger partial charge in [-0.2, -0.15) is 0 Å². The predicted molar refractivity (Wildman–Crippen MR) is 96.0 cm³/mol. The summed E-state index contributed by atoms with van der Waals surface area (Å²) >= 11 is 0. The van der Waals surface area contributed by atoms with E-state index in [2.05, 4.69) is 20.5 Å². The lowest BCUT2D eigenvalue weighted by Gasteiger charge is -2.26. The molecule has 0 spiro atoms. The molecule has 0 unspecified atom stereocenters. The Morgan fingerprint density at radius 3 is 2.75 bits per heavy atom. The number of morpholine rings is 1. The Balaban J connectivity index is 1.53. The monoisotopic (exact) mass is 336 g/mol. The molecule has 24 heavy (non-hydrogen) atoms. The lowest BCUT2D eigenvalue weighted by molar-refractivity contribution is 0.0372. The average molecular weight is 336 g/mol. The second-order valence-corrected chi connectivity index (χ2v) is 5.97. The highest BCUT2D eigenvalue weighted by Gasteiger charge is 2.09. The minimum Gasteiger partial charge on any atom is -0.379 e. The van der Waals surface area contributed by atoms with Crippen LogP contribution in [-0.4, -0.2) is 63.8 Å². The van der Waals surface area contributed by atoms with Gasteiger partial charge in [0.05, 0.1) is 13.2 Å². The summed E-state index contributed by atoms with van der Waals surface area (Å²) in [5.74, 6) is 0.619. The molecule has 0 radical (unpaired) electrons. The Bertz CT molecular complexity index is 504. The zero-order valence-electron chi connectivity index (χ0n) is 14.6. The zero-order chi connectivity index (χ0) is 17.0. The summed E-state index contributed by atoms with van der Waals surface area (Å²) in [6, 6.07) is 6.72. The Morgan fingerprint density at radius 2 is 2.00 bits per heavy atom. The van der Waals surface area contributed by atoms with Crippen LogP contribution in [0.4, 0.5) is 4.39 Å². The van der Waals surface area contributed by atoms with Gasteiger partial charge in [0.25, 0.3) is 0 Å². The van der Waals surface area contributed by atoms with Crippen molar-refractivity contribution in [3.05, 3.63) is 35.6 Å². The summed E-state index contributed by atoms with van der Waals surface area (Å²) in [6.45, 7) is 6.60. The van der Waals surface area contributed by atoms with Gasteiger partial charge in [0.15, 0.2) is 5.96 Å². The number of hydrogen-bond acceptors (Lipinski definition) is 3. The van der Waals surface area contributed by atoms with Crippen LogP contribution in [0.25, 0.3) is 0 Å². The molecule has 1 saturated heterocycles. The molecule has 1 aromatic carbocycles. The number of hydrogen-bond donors (Lipinski definition) is 2. The summed E-state index contributed by atoms with van der Waals surface area (Å²) in [7, 11) is 1.77. The molecule has 1 fully saturated rings. The summed E-state index contributed by atoms with van der Waals surface area (Å²) in [5, 5.41) is 6.59. The molecule has 6 heteroatoms. The largest absolute Gasteiger partial charge is 0.379 e. The molecule has 5 nitrogen and oxygen atoms in total. The van der Waals surface area contributed by atoms with E-state index in [9.17, 15) is 4.39 Å². The van der Waals surface area contributed by atoms with Crippen molar-refractivity contribution in [1.82, 2.24) is 15.5 Å². The first kappa shape index (κ1) is 18.7.